The molecule has 0 bridgehead atoms. The molecule has 0 saturated carbocycles. The minimum absolute atomic E-state index is 0. The first-order chi connectivity index (χ1) is 11.1. The van der Waals surface area contributed by atoms with Crippen LogP contribution in [0.15, 0.2) is 42.5 Å². The molecule has 0 aliphatic carbocycles. The highest BCUT2D eigenvalue weighted by Gasteiger charge is 2.08. The molecule has 2 aromatic carbocycles. The van der Waals surface area contributed by atoms with Crippen LogP contribution in [-0.2, 0) is 17.8 Å². The number of anilines is 1. The summed E-state index contributed by atoms with van der Waals surface area (Å²) in [5, 5.41) is 6.34. The Morgan fingerprint density at radius 1 is 1.04 bits per heavy atom. The molecule has 0 aliphatic heterocycles. The topological polar surface area (TPSA) is 41.1 Å². The van der Waals surface area contributed by atoms with E-state index in [0.717, 1.165) is 30.8 Å². The number of benzene rings is 2. The van der Waals surface area contributed by atoms with E-state index in [-0.39, 0.29) is 18.3 Å². The molecule has 4 heteroatoms. The Morgan fingerprint density at radius 2 is 1.79 bits per heavy atom. The van der Waals surface area contributed by atoms with E-state index in [0.29, 0.717) is 6.42 Å². The maximum Gasteiger partial charge on any atom is 0.224 e. The van der Waals surface area contributed by atoms with Crippen LogP contribution >= 0.6 is 12.4 Å². The second-order valence-corrected chi connectivity index (χ2v) is 5.92. The number of carbonyl (C=O) groups is 1. The fourth-order valence-corrected chi connectivity index (χ4v) is 2.64. The highest BCUT2D eigenvalue weighted by Crippen LogP contribution is 2.16. The van der Waals surface area contributed by atoms with Gasteiger partial charge in [-0.2, -0.15) is 0 Å². The summed E-state index contributed by atoms with van der Waals surface area (Å²) in [6.07, 6.45) is 1.27. The van der Waals surface area contributed by atoms with Crippen molar-refractivity contribution >= 4 is 24.0 Å². The fourth-order valence-electron chi connectivity index (χ4n) is 2.64. The van der Waals surface area contributed by atoms with Crippen LogP contribution in [0, 0.1) is 13.8 Å². The normalized spacial score (nSPS) is 10.1. The van der Waals surface area contributed by atoms with Crippen LogP contribution in [0.2, 0.25) is 0 Å². The van der Waals surface area contributed by atoms with E-state index in [9.17, 15) is 4.79 Å². The SMILES string of the molecule is CCNCc1ccccc1NC(=O)CCc1ccc(C)cc1C.Cl. The maximum atomic E-state index is 12.3. The molecule has 3 nitrogen and oxygen atoms in total. The van der Waals surface area contributed by atoms with Crippen LogP contribution in [-0.4, -0.2) is 12.5 Å². The van der Waals surface area contributed by atoms with Crippen molar-refractivity contribution in [3.63, 3.8) is 0 Å². The molecular formula is C20H27ClN2O. The number of amides is 1. The second kappa shape index (κ2) is 10.1. The van der Waals surface area contributed by atoms with Crippen molar-refractivity contribution in [1.29, 1.82) is 0 Å². The van der Waals surface area contributed by atoms with Crippen molar-refractivity contribution in [1.82, 2.24) is 5.32 Å². The first-order valence-corrected chi connectivity index (χ1v) is 8.24. The van der Waals surface area contributed by atoms with Gasteiger partial charge in [-0.05, 0) is 49.6 Å². The van der Waals surface area contributed by atoms with Gasteiger partial charge in [-0.25, -0.2) is 0 Å². The smallest absolute Gasteiger partial charge is 0.224 e. The average molecular weight is 347 g/mol. The Labute approximate surface area is 151 Å². The number of para-hydroxylation sites is 1. The summed E-state index contributed by atoms with van der Waals surface area (Å²) in [5.74, 6) is 0.0638. The molecule has 24 heavy (non-hydrogen) atoms. The van der Waals surface area contributed by atoms with E-state index >= 15 is 0 Å². The molecule has 0 aromatic heterocycles. The molecule has 0 unspecified atom stereocenters. The van der Waals surface area contributed by atoms with Gasteiger partial charge in [0.15, 0.2) is 0 Å². The molecule has 0 radical (unpaired) electrons. The van der Waals surface area contributed by atoms with Crippen LogP contribution < -0.4 is 10.6 Å². The van der Waals surface area contributed by atoms with Gasteiger partial charge in [-0.3, -0.25) is 4.79 Å². The van der Waals surface area contributed by atoms with Gasteiger partial charge in [0.05, 0.1) is 0 Å². The lowest BCUT2D eigenvalue weighted by molar-refractivity contribution is -0.116. The van der Waals surface area contributed by atoms with Crippen LogP contribution in [0.3, 0.4) is 0 Å². The number of aryl methyl sites for hydroxylation is 3. The third kappa shape index (κ3) is 5.99. The van der Waals surface area contributed by atoms with Gasteiger partial charge in [0.1, 0.15) is 0 Å². The largest absolute Gasteiger partial charge is 0.326 e. The summed E-state index contributed by atoms with van der Waals surface area (Å²) >= 11 is 0. The molecule has 2 rings (SSSR count). The van der Waals surface area contributed by atoms with Gasteiger partial charge in [0.2, 0.25) is 5.91 Å². The molecule has 2 aromatic rings. The summed E-state index contributed by atoms with van der Waals surface area (Å²) in [4.78, 5) is 12.3. The molecule has 0 aliphatic rings. The zero-order chi connectivity index (χ0) is 16.7. The van der Waals surface area contributed by atoms with Crippen molar-refractivity contribution in [3.8, 4) is 0 Å². The first kappa shape index (κ1) is 20.2. The van der Waals surface area contributed by atoms with Crippen molar-refractivity contribution in [3.05, 3.63) is 64.7 Å². The third-order valence-electron chi connectivity index (χ3n) is 3.98. The summed E-state index contributed by atoms with van der Waals surface area (Å²) < 4.78 is 0. The summed E-state index contributed by atoms with van der Waals surface area (Å²) in [6, 6.07) is 14.3. The lowest BCUT2D eigenvalue weighted by Crippen LogP contribution is -2.17. The lowest BCUT2D eigenvalue weighted by Gasteiger charge is -2.12. The van der Waals surface area contributed by atoms with E-state index in [1.165, 1.54) is 16.7 Å². The minimum Gasteiger partial charge on any atom is -0.326 e. The highest BCUT2D eigenvalue weighted by atomic mass is 35.5. The number of nitrogens with one attached hydrogen (secondary N) is 2. The number of halogens is 1. The Hall–Kier alpha value is -1.84. The minimum atomic E-state index is 0. The fraction of sp³-hybridized carbons (Fsp3) is 0.350. The zero-order valence-corrected chi connectivity index (χ0v) is 15.5. The molecule has 2 N–H and O–H groups in total. The van der Waals surface area contributed by atoms with Crippen LogP contribution in [0.1, 0.15) is 35.6 Å². The van der Waals surface area contributed by atoms with Crippen molar-refractivity contribution in [2.24, 2.45) is 0 Å². The average Bonchev–Trinajstić information content (AvgIpc) is 2.53. The molecule has 130 valence electrons. The molecule has 0 fully saturated rings. The monoisotopic (exact) mass is 346 g/mol. The van der Waals surface area contributed by atoms with Crippen molar-refractivity contribution in [2.45, 2.75) is 40.2 Å². The number of hydrogen-bond donors (Lipinski definition) is 2. The van der Waals surface area contributed by atoms with Crippen molar-refractivity contribution < 1.29 is 4.79 Å². The van der Waals surface area contributed by atoms with E-state index in [2.05, 4.69) is 49.6 Å². The Balaban J connectivity index is 0.00000288. The second-order valence-electron chi connectivity index (χ2n) is 5.92. The van der Waals surface area contributed by atoms with Crippen LogP contribution in [0.5, 0.6) is 0 Å². The molecular weight excluding hydrogens is 320 g/mol. The predicted octanol–water partition coefficient (Wildman–Crippen LogP) is 4.41. The Bertz CT molecular complexity index is 670. The third-order valence-corrected chi connectivity index (χ3v) is 3.98. The standard InChI is InChI=1S/C20H26N2O.ClH/c1-4-21-14-18-7-5-6-8-19(18)22-20(23)12-11-17-10-9-15(2)13-16(17)3;/h5-10,13,21H,4,11-12,14H2,1-3H3,(H,22,23);1H. The van der Waals surface area contributed by atoms with E-state index in [1.54, 1.807) is 0 Å². The molecule has 0 spiro atoms. The Morgan fingerprint density at radius 3 is 2.50 bits per heavy atom. The van der Waals surface area contributed by atoms with Gasteiger partial charge in [0, 0.05) is 18.7 Å². The maximum absolute atomic E-state index is 12.3. The van der Waals surface area contributed by atoms with Gasteiger partial charge < -0.3 is 10.6 Å². The first-order valence-electron chi connectivity index (χ1n) is 8.24. The van der Waals surface area contributed by atoms with E-state index < -0.39 is 0 Å². The Kier molecular flexibility index (Phi) is 8.51. The van der Waals surface area contributed by atoms with E-state index in [1.807, 2.05) is 24.3 Å². The number of carbonyl (C=O) groups excluding carboxylic acids is 1. The number of hydrogen-bond acceptors (Lipinski definition) is 2. The van der Waals surface area contributed by atoms with Gasteiger partial charge in [-0.1, -0.05) is 48.9 Å². The highest BCUT2D eigenvalue weighted by molar-refractivity contribution is 5.91. The van der Waals surface area contributed by atoms with Crippen LogP contribution in [0.4, 0.5) is 5.69 Å². The summed E-state index contributed by atoms with van der Waals surface area (Å²) in [6.45, 7) is 7.95. The van der Waals surface area contributed by atoms with Crippen LogP contribution in [0.25, 0.3) is 0 Å². The van der Waals surface area contributed by atoms with Gasteiger partial charge in [-0.15, -0.1) is 12.4 Å². The molecule has 1 amide bonds. The summed E-state index contributed by atoms with van der Waals surface area (Å²) in [7, 11) is 0. The summed E-state index contributed by atoms with van der Waals surface area (Å²) in [5.41, 5.74) is 5.78. The molecule has 0 saturated heterocycles. The van der Waals surface area contributed by atoms with Crippen molar-refractivity contribution in [2.75, 3.05) is 11.9 Å². The molecule has 0 heterocycles. The van der Waals surface area contributed by atoms with Gasteiger partial charge in [0.25, 0.3) is 0 Å². The molecule has 0 atom stereocenters. The lowest BCUT2D eigenvalue weighted by atomic mass is 10.0. The zero-order valence-electron chi connectivity index (χ0n) is 14.7. The van der Waals surface area contributed by atoms with Gasteiger partial charge >= 0.3 is 0 Å². The van der Waals surface area contributed by atoms with E-state index in [4.69, 9.17) is 0 Å². The quantitative estimate of drug-likeness (QED) is 0.779. The number of rotatable bonds is 7. The predicted molar refractivity (Wildman–Crippen MR) is 104 cm³/mol.